The van der Waals surface area contributed by atoms with E-state index >= 15 is 0 Å². The molecule has 1 unspecified atom stereocenters. The van der Waals surface area contributed by atoms with E-state index in [1.54, 1.807) is 12.1 Å². The van der Waals surface area contributed by atoms with Crippen molar-refractivity contribution < 1.29 is 21.6 Å². The van der Waals surface area contributed by atoms with Crippen molar-refractivity contribution in [3.8, 4) is 0 Å². The number of nitrogens with zero attached hydrogens (tertiary/aromatic N) is 2. The fraction of sp³-hybridized carbons (Fsp3) is 0.500. The standard InChI is InChI=1S/C18H24F3N5O2S/c1-12-9-13(23-7-8-25-29(22,27)28)11-26(10-12)16-5-4-15(18(19,20)21)17-14(16)3-2-6-24-17/h2-6,12-13,23,25H,7-11H2,1H3,(H2,22,27,28)/t12-,13?/m0/s1. The Balaban J connectivity index is 1.80. The highest BCUT2D eigenvalue weighted by Crippen LogP contribution is 2.38. The molecule has 0 spiro atoms. The Kier molecular flexibility index (Phi) is 6.32. The molecule has 0 bridgehead atoms. The van der Waals surface area contributed by atoms with E-state index in [0.29, 0.717) is 36.6 Å². The Morgan fingerprint density at radius 2 is 2.00 bits per heavy atom. The van der Waals surface area contributed by atoms with Gasteiger partial charge in [0.2, 0.25) is 0 Å². The minimum atomic E-state index is -4.47. The van der Waals surface area contributed by atoms with Gasteiger partial charge in [0, 0.05) is 49.5 Å². The molecule has 2 atom stereocenters. The molecule has 11 heteroatoms. The van der Waals surface area contributed by atoms with Crippen LogP contribution in [-0.4, -0.2) is 45.6 Å². The van der Waals surface area contributed by atoms with Gasteiger partial charge in [-0.2, -0.15) is 21.6 Å². The van der Waals surface area contributed by atoms with Gasteiger partial charge >= 0.3 is 6.18 Å². The molecule has 2 aromatic rings. The molecule has 0 radical (unpaired) electrons. The zero-order chi connectivity index (χ0) is 21.2. The Hall–Kier alpha value is -1.95. The topological polar surface area (TPSA) is 100 Å². The van der Waals surface area contributed by atoms with Crippen LogP contribution in [0.1, 0.15) is 18.9 Å². The molecule has 1 aromatic carbocycles. The highest BCUT2D eigenvalue weighted by atomic mass is 32.2. The van der Waals surface area contributed by atoms with Gasteiger partial charge in [-0.05, 0) is 36.6 Å². The van der Waals surface area contributed by atoms with Crippen LogP contribution in [0.25, 0.3) is 10.9 Å². The number of nitrogens with two attached hydrogens (primary N) is 1. The number of rotatable bonds is 6. The molecule has 3 rings (SSSR count). The van der Waals surface area contributed by atoms with Gasteiger partial charge in [-0.25, -0.2) is 9.86 Å². The summed E-state index contributed by atoms with van der Waals surface area (Å²) in [6.45, 7) is 3.94. The predicted octanol–water partition coefficient (Wildman–Crippen LogP) is 1.85. The van der Waals surface area contributed by atoms with Gasteiger partial charge in [0.25, 0.3) is 10.2 Å². The molecular formula is C18H24F3N5O2S. The molecule has 0 aliphatic carbocycles. The van der Waals surface area contributed by atoms with E-state index in [9.17, 15) is 21.6 Å². The van der Waals surface area contributed by atoms with Crippen molar-refractivity contribution in [1.82, 2.24) is 15.0 Å². The number of piperidine rings is 1. The summed E-state index contributed by atoms with van der Waals surface area (Å²) in [6, 6.07) is 5.95. The highest BCUT2D eigenvalue weighted by Gasteiger charge is 2.34. The van der Waals surface area contributed by atoms with Crippen LogP contribution >= 0.6 is 0 Å². The van der Waals surface area contributed by atoms with E-state index in [0.717, 1.165) is 12.5 Å². The van der Waals surface area contributed by atoms with E-state index in [1.807, 2.05) is 0 Å². The average Bonchev–Trinajstić information content (AvgIpc) is 2.62. The quantitative estimate of drug-likeness (QED) is 0.606. The van der Waals surface area contributed by atoms with Crippen molar-refractivity contribution in [2.24, 2.45) is 11.1 Å². The van der Waals surface area contributed by atoms with E-state index < -0.39 is 21.9 Å². The number of halogens is 3. The van der Waals surface area contributed by atoms with Crippen molar-refractivity contribution in [3.63, 3.8) is 0 Å². The summed E-state index contributed by atoms with van der Waals surface area (Å²) in [5, 5.41) is 8.66. The number of fused-ring (bicyclic) bond motifs is 1. The maximum absolute atomic E-state index is 13.4. The van der Waals surface area contributed by atoms with Gasteiger partial charge in [-0.15, -0.1) is 0 Å². The minimum absolute atomic E-state index is 0.0578. The number of nitrogens with one attached hydrogen (secondary N) is 2. The van der Waals surface area contributed by atoms with Crippen molar-refractivity contribution in [2.45, 2.75) is 25.6 Å². The first-order chi connectivity index (χ1) is 13.5. The molecular weight excluding hydrogens is 407 g/mol. The second-order valence-electron chi connectivity index (χ2n) is 7.37. The first-order valence-corrected chi connectivity index (χ1v) is 10.8. The van der Waals surface area contributed by atoms with Crippen molar-refractivity contribution in [1.29, 1.82) is 0 Å². The molecule has 0 saturated carbocycles. The van der Waals surface area contributed by atoms with Crippen LogP contribution < -0.4 is 20.1 Å². The van der Waals surface area contributed by atoms with Gasteiger partial charge in [0.1, 0.15) is 0 Å². The zero-order valence-electron chi connectivity index (χ0n) is 15.9. The monoisotopic (exact) mass is 431 g/mol. The third-order valence-electron chi connectivity index (χ3n) is 4.91. The lowest BCUT2D eigenvalue weighted by Gasteiger charge is -2.39. The van der Waals surface area contributed by atoms with Gasteiger partial charge in [-0.1, -0.05) is 6.92 Å². The first-order valence-electron chi connectivity index (χ1n) is 9.25. The molecule has 0 amide bonds. The molecule has 2 heterocycles. The Labute approximate surface area is 167 Å². The van der Waals surface area contributed by atoms with Crippen LogP contribution in [0.2, 0.25) is 0 Å². The lowest BCUT2D eigenvalue weighted by molar-refractivity contribution is -0.136. The van der Waals surface area contributed by atoms with Crippen molar-refractivity contribution >= 4 is 26.8 Å². The molecule has 160 valence electrons. The van der Waals surface area contributed by atoms with Crippen LogP contribution in [0, 0.1) is 5.92 Å². The third kappa shape index (κ3) is 5.56. The van der Waals surface area contributed by atoms with E-state index in [2.05, 4.69) is 26.8 Å². The minimum Gasteiger partial charge on any atom is -0.369 e. The molecule has 1 aromatic heterocycles. The Bertz CT molecular complexity index is 968. The molecule has 1 fully saturated rings. The number of pyridine rings is 1. The maximum atomic E-state index is 13.4. The van der Waals surface area contributed by atoms with Gasteiger partial charge in [0.05, 0.1) is 11.1 Å². The number of hydrogen-bond donors (Lipinski definition) is 3. The molecule has 1 saturated heterocycles. The molecule has 1 aliphatic rings. The highest BCUT2D eigenvalue weighted by molar-refractivity contribution is 7.87. The summed E-state index contributed by atoms with van der Waals surface area (Å²) in [5.74, 6) is 0.307. The summed E-state index contributed by atoms with van der Waals surface area (Å²) < 4.78 is 64.2. The van der Waals surface area contributed by atoms with Crippen LogP contribution in [0.4, 0.5) is 18.9 Å². The lowest BCUT2D eigenvalue weighted by atomic mass is 9.94. The van der Waals surface area contributed by atoms with E-state index in [4.69, 9.17) is 5.14 Å². The molecule has 7 nitrogen and oxygen atoms in total. The van der Waals surface area contributed by atoms with E-state index in [1.165, 1.54) is 12.3 Å². The number of anilines is 1. The molecule has 29 heavy (non-hydrogen) atoms. The van der Waals surface area contributed by atoms with Crippen LogP contribution in [0.3, 0.4) is 0 Å². The number of aromatic nitrogens is 1. The summed E-state index contributed by atoms with van der Waals surface area (Å²) in [4.78, 5) is 6.04. The SMILES string of the molecule is C[C@H]1CC(NCCNS(N)(=O)=O)CN(c2ccc(C(F)(F)F)c3ncccc23)C1. The number of hydrogen-bond acceptors (Lipinski definition) is 5. The lowest BCUT2D eigenvalue weighted by Crippen LogP contribution is -2.50. The first kappa shape index (κ1) is 21.8. The van der Waals surface area contributed by atoms with Gasteiger partial charge < -0.3 is 10.2 Å². The van der Waals surface area contributed by atoms with E-state index in [-0.39, 0.29) is 18.1 Å². The summed E-state index contributed by atoms with van der Waals surface area (Å²) in [7, 11) is -3.73. The smallest absolute Gasteiger partial charge is 0.369 e. The fourth-order valence-corrected chi connectivity index (χ4v) is 4.21. The number of benzene rings is 1. The van der Waals surface area contributed by atoms with Gasteiger partial charge in [-0.3, -0.25) is 4.98 Å². The molecule has 1 aliphatic heterocycles. The summed E-state index contributed by atoms with van der Waals surface area (Å²) in [6.07, 6.45) is -2.23. The van der Waals surface area contributed by atoms with Crippen LogP contribution in [-0.2, 0) is 16.4 Å². The van der Waals surface area contributed by atoms with Crippen LogP contribution in [0.5, 0.6) is 0 Å². The van der Waals surface area contributed by atoms with Crippen molar-refractivity contribution in [3.05, 3.63) is 36.0 Å². The fourth-order valence-electron chi connectivity index (χ4n) is 3.83. The summed E-state index contributed by atoms with van der Waals surface area (Å²) in [5.41, 5.74) is -0.0923. The Morgan fingerprint density at radius 1 is 1.24 bits per heavy atom. The second kappa shape index (κ2) is 8.42. The van der Waals surface area contributed by atoms with Gasteiger partial charge in [0.15, 0.2) is 0 Å². The second-order valence-corrected chi connectivity index (χ2v) is 8.74. The largest absolute Gasteiger partial charge is 0.418 e. The third-order valence-corrected chi connectivity index (χ3v) is 5.52. The zero-order valence-corrected chi connectivity index (χ0v) is 16.7. The average molecular weight is 431 g/mol. The Morgan fingerprint density at radius 3 is 2.69 bits per heavy atom. The normalized spacial score (nSPS) is 20.9. The van der Waals surface area contributed by atoms with Crippen LogP contribution in [0.15, 0.2) is 30.5 Å². The number of alkyl halides is 3. The summed E-state index contributed by atoms with van der Waals surface area (Å²) >= 11 is 0. The molecule has 4 N–H and O–H groups in total. The predicted molar refractivity (Wildman–Crippen MR) is 106 cm³/mol. The maximum Gasteiger partial charge on any atom is 0.418 e. The van der Waals surface area contributed by atoms with Crippen molar-refractivity contribution in [2.75, 3.05) is 31.1 Å².